The van der Waals surface area contributed by atoms with Gasteiger partial charge in [-0.3, -0.25) is 4.57 Å². The van der Waals surface area contributed by atoms with E-state index in [9.17, 15) is 0 Å². The van der Waals surface area contributed by atoms with Crippen LogP contribution in [0.1, 0.15) is 24.4 Å². The van der Waals surface area contributed by atoms with Crippen molar-refractivity contribution >= 4 is 34.7 Å². The summed E-state index contributed by atoms with van der Waals surface area (Å²) in [6.07, 6.45) is 2.39. The van der Waals surface area contributed by atoms with E-state index in [0.717, 1.165) is 28.0 Å². The third kappa shape index (κ3) is 3.08. The van der Waals surface area contributed by atoms with Gasteiger partial charge in [-0.2, -0.15) is 0 Å². The SMILES string of the molecule is Clc1cc(CSc2nnc(-c3cccs3)n2C2CC2)cc2c1OCCO2. The van der Waals surface area contributed by atoms with Gasteiger partial charge in [-0.05, 0) is 42.0 Å². The van der Waals surface area contributed by atoms with E-state index in [1.54, 1.807) is 23.1 Å². The largest absolute Gasteiger partial charge is 0.486 e. The fourth-order valence-electron chi connectivity index (χ4n) is 3.01. The van der Waals surface area contributed by atoms with E-state index in [0.29, 0.717) is 30.0 Å². The van der Waals surface area contributed by atoms with Crippen LogP contribution in [0.3, 0.4) is 0 Å². The highest BCUT2D eigenvalue weighted by atomic mass is 35.5. The van der Waals surface area contributed by atoms with Gasteiger partial charge in [-0.25, -0.2) is 0 Å². The molecule has 3 aromatic rings. The van der Waals surface area contributed by atoms with Crippen LogP contribution in [-0.4, -0.2) is 28.0 Å². The molecule has 0 amide bonds. The van der Waals surface area contributed by atoms with Crippen molar-refractivity contribution in [1.82, 2.24) is 14.8 Å². The highest BCUT2D eigenvalue weighted by Gasteiger charge is 2.30. The molecule has 3 heterocycles. The lowest BCUT2D eigenvalue weighted by Gasteiger charge is -2.20. The first-order valence-corrected chi connectivity index (χ1v) is 10.7. The fourth-order valence-corrected chi connectivity index (χ4v) is 4.94. The molecule has 1 aliphatic heterocycles. The van der Waals surface area contributed by atoms with E-state index in [4.69, 9.17) is 21.1 Å². The van der Waals surface area contributed by atoms with Crippen molar-refractivity contribution in [2.24, 2.45) is 0 Å². The molecule has 26 heavy (non-hydrogen) atoms. The van der Waals surface area contributed by atoms with Gasteiger partial charge in [0.05, 0.1) is 9.90 Å². The van der Waals surface area contributed by atoms with Crippen LogP contribution in [0.15, 0.2) is 34.8 Å². The molecule has 0 spiro atoms. The average molecular weight is 406 g/mol. The van der Waals surface area contributed by atoms with Crippen molar-refractivity contribution in [2.45, 2.75) is 29.8 Å². The Kier molecular flexibility index (Phi) is 4.30. The zero-order chi connectivity index (χ0) is 17.5. The zero-order valence-electron chi connectivity index (χ0n) is 13.9. The summed E-state index contributed by atoms with van der Waals surface area (Å²) < 4.78 is 13.5. The average Bonchev–Trinajstić information content (AvgIpc) is 3.18. The summed E-state index contributed by atoms with van der Waals surface area (Å²) in [7, 11) is 0. The Morgan fingerprint density at radius 3 is 2.92 bits per heavy atom. The smallest absolute Gasteiger partial charge is 0.192 e. The number of halogens is 1. The van der Waals surface area contributed by atoms with Crippen molar-refractivity contribution in [3.8, 4) is 22.2 Å². The highest BCUT2D eigenvalue weighted by molar-refractivity contribution is 7.98. The molecular formula is C18H16ClN3O2S2. The van der Waals surface area contributed by atoms with E-state index >= 15 is 0 Å². The van der Waals surface area contributed by atoms with Crippen molar-refractivity contribution < 1.29 is 9.47 Å². The summed E-state index contributed by atoms with van der Waals surface area (Å²) in [5.41, 5.74) is 1.09. The molecule has 0 saturated heterocycles. The molecule has 0 bridgehead atoms. The Labute approximate surface area is 164 Å². The van der Waals surface area contributed by atoms with Gasteiger partial charge in [0.25, 0.3) is 0 Å². The predicted octanol–water partition coefficient (Wildman–Crippen LogP) is 5.06. The van der Waals surface area contributed by atoms with Crippen LogP contribution in [0.5, 0.6) is 11.5 Å². The number of thiophene rings is 1. The molecule has 2 aliphatic rings. The Balaban J connectivity index is 1.40. The summed E-state index contributed by atoms with van der Waals surface area (Å²) >= 11 is 9.73. The number of hydrogen-bond acceptors (Lipinski definition) is 6. The topological polar surface area (TPSA) is 49.2 Å². The molecule has 8 heteroatoms. The van der Waals surface area contributed by atoms with Crippen LogP contribution in [0.4, 0.5) is 0 Å². The maximum Gasteiger partial charge on any atom is 0.192 e. The number of nitrogens with zero attached hydrogens (tertiary/aromatic N) is 3. The van der Waals surface area contributed by atoms with Gasteiger partial charge in [-0.1, -0.05) is 29.4 Å². The third-order valence-corrected chi connectivity index (χ3v) is 6.50. The number of rotatable bonds is 5. The second-order valence-electron chi connectivity index (χ2n) is 6.28. The van der Waals surface area contributed by atoms with E-state index in [1.165, 1.54) is 17.7 Å². The van der Waals surface area contributed by atoms with E-state index < -0.39 is 0 Å². The molecule has 1 aliphatic carbocycles. The number of ether oxygens (including phenoxy) is 2. The standard InChI is InChI=1S/C18H16ClN3O2S2/c19-13-8-11(9-14-16(13)24-6-5-23-14)10-26-18-21-20-17(15-2-1-7-25-15)22(18)12-3-4-12/h1-2,7-9,12H,3-6,10H2. The van der Waals surface area contributed by atoms with Crippen LogP contribution in [0, 0.1) is 0 Å². The Bertz CT molecular complexity index is 938. The van der Waals surface area contributed by atoms with Crippen LogP contribution in [0.25, 0.3) is 10.7 Å². The minimum atomic E-state index is 0.522. The first-order chi connectivity index (χ1) is 12.8. The van der Waals surface area contributed by atoms with Gasteiger partial charge in [0.2, 0.25) is 0 Å². The Morgan fingerprint density at radius 2 is 2.12 bits per heavy atom. The Morgan fingerprint density at radius 1 is 1.23 bits per heavy atom. The number of aromatic nitrogens is 3. The maximum atomic E-state index is 6.35. The molecule has 0 unspecified atom stereocenters. The molecule has 1 aromatic carbocycles. The van der Waals surface area contributed by atoms with Crippen molar-refractivity contribution in [3.05, 3.63) is 40.2 Å². The van der Waals surface area contributed by atoms with E-state index in [2.05, 4.69) is 32.3 Å². The predicted molar refractivity (Wildman–Crippen MR) is 104 cm³/mol. The second-order valence-corrected chi connectivity index (χ2v) is 8.57. The maximum absolute atomic E-state index is 6.35. The monoisotopic (exact) mass is 405 g/mol. The number of hydrogen-bond donors (Lipinski definition) is 0. The van der Waals surface area contributed by atoms with Gasteiger partial charge in [0, 0.05) is 11.8 Å². The van der Waals surface area contributed by atoms with Gasteiger partial charge in [-0.15, -0.1) is 21.5 Å². The molecule has 5 rings (SSSR count). The number of fused-ring (bicyclic) bond motifs is 1. The first kappa shape index (κ1) is 16.5. The van der Waals surface area contributed by atoms with Gasteiger partial charge in [0.15, 0.2) is 22.5 Å². The first-order valence-electron chi connectivity index (χ1n) is 8.49. The molecule has 5 nitrogen and oxygen atoms in total. The Hall–Kier alpha value is -1.70. The van der Waals surface area contributed by atoms with Gasteiger partial charge >= 0.3 is 0 Å². The lowest BCUT2D eigenvalue weighted by Crippen LogP contribution is -2.15. The molecule has 0 atom stereocenters. The second kappa shape index (κ2) is 6.79. The molecule has 1 saturated carbocycles. The number of benzene rings is 1. The molecular weight excluding hydrogens is 390 g/mol. The fraction of sp³-hybridized carbons (Fsp3) is 0.333. The van der Waals surface area contributed by atoms with Crippen LogP contribution in [0.2, 0.25) is 5.02 Å². The molecule has 1 fully saturated rings. The van der Waals surface area contributed by atoms with Crippen LogP contribution in [-0.2, 0) is 5.75 Å². The normalized spacial score (nSPS) is 16.0. The quantitative estimate of drug-likeness (QED) is 0.555. The van der Waals surface area contributed by atoms with Crippen LogP contribution < -0.4 is 9.47 Å². The van der Waals surface area contributed by atoms with Crippen molar-refractivity contribution in [2.75, 3.05) is 13.2 Å². The molecule has 2 aromatic heterocycles. The third-order valence-electron chi connectivity index (χ3n) is 4.34. The summed E-state index contributed by atoms with van der Waals surface area (Å²) in [4.78, 5) is 1.17. The van der Waals surface area contributed by atoms with Gasteiger partial charge < -0.3 is 9.47 Å². The van der Waals surface area contributed by atoms with Gasteiger partial charge in [0.1, 0.15) is 13.2 Å². The molecule has 0 N–H and O–H groups in total. The summed E-state index contributed by atoms with van der Waals surface area (Å²) in [6, 6.07) is 8.62. The highest BCUT2D eigenvalue weighted by Crippen LogP contribution is 2.43. The summed E-state index contributed by atoms with van der Waals surface area (Å²) in [5.74, 6) is 3.10. The zero-order valence-corrected chi connectivity index (χ0v) is 16.2. The lowest BCUT2D eigenvalue weighted by atomic mass is 10.2. The van der Waals surface area contributed by atoms with E-state index in [1.807, 2.05) is 12.1 Å². The van der Waals surface area contributed by atoms with Crippen molar-refractivity contribution in [3.63, 3.8) is 0 Å². The van der Waals surface area contributed by atoms with E-state index in [-0.39, 0.29) is 0 Å². The minimum Gasteiger partial charge on any atom is -0.486 e. The minimum absolute atomic E-state index is 0.522. The van der Waals surface area contributed by atoms with Crippen molar-refractivity contribution in [1.29, 1.82) is 0 Å². The lowest BCUT2D eigenvalue weighted by molar-refractivity contribution is 0.171. The van der Waals surface area contributed by atoms with Crippen LogP contribution >= 0.6 is 34.7 Å². The molecule has 134 valence electrons. The number of thioether (sulfide) groups is 1. The summed E-state index contributed by atoms with van der Waals surface area (Å²) in [5, 5.41) is 12.5. The molecule has 0 radical (unpaired) electrons. The summed E-state index contributed by atoms with van der Waals surface area (Å²) in [6.45, 7) is 1.09.